The van der Waals surface area contributed by atoms with Crippen molar-refractivity contribution in [2.75, 3.05) is 6.54 Å². The second kappa shape index (κ2) is 2.83. The highest BCUT2D eigenvalue weighted by molar-refractivity contribution is 7.27. The topological polar surface area (TPSA) is 42.0 Å². The molecule has 1 atom stereocenters. The quantitative estimate of drug-likeness (QED) is 0.565. The molecular formula is C8H9N2OP. The molecule has 0 aliphatic carbocycles. The molecule has 3 nitrogen and oxygen atoms in total. The van der Waals surface area contributed by atoms with E-state index in [1.165, 1.54) is 0 Å². The van der Waals surface area contributed by atoms with Crippen LogP contribution in [0.5, 0.6) is 0 Å². The summed E-state index contributed by atoms with van der Waals surface area (Å²) in [5.74, 6) is -0.00523. The van der Waals surface area contributed by atoms with Crippen LogP contribution in [0.1, 0.15) is 15.9 Å². The summed E-state index contributed by atoms with van der Waals surface area (Å²) in [6.07, 6.45) is 2.64. The summed E-state index contributed by atoms with van der Waals surface area (Å²) in [5.41, 5.74) is 2.57. The number of fused-ring (bicyclic) bond motifs is 1. The Morgan fingerprint density at radius 2 is 2.42 bits per heavy atom. The molecule has 1 aliphatic heterocycles. The lowest BCUT2D eigenvalue weighted by Gasteiger charge is -2.16. The predicted molar refractivity (Wildman–Crippen MR) is 49.6 cm³/mol. The molecule has 0 radical (unpaired) electrons. The number of carbonyl (C=O) groups is 1. The van der Waals surface area contributed by atoms with Crippen LogP contribution < -0.4 is 10.8 Å². The molecule has 1 aliphatic rings. The highest BCUT2D eigenvalue weighted by atomic mass is 31.0. The lowest BCUT2D eigenvalue weighted by atomic mass is 10.0. The Bertz CT molecular complexity index is 338. The molecular weight excluding hydrogens is 171 g/mol. The summed E-state index contributed by atoms with van der Waals surface area (Å²) in [6.45, 7) is 0.736. The molecule has 1 aromatic heterocycles. The second-order valence-electron chi connectivity index (χ2n) is 2.74. The maximum absolute atomic E-state index is 11.3. The van der Waals surface area contributed by atoms with Crippen LogP contribution in [0.25, 0.3) is 0 Å². The highest BCUT2D eigenvalue weighted by Crippen LogP contribution is 2.11. The fraction of sp³-hybridized carbons (Fsp3) is 0.250. The van der Waals surface area contributed by atoms with Crippen molar-refractivity contribution in [1.82, 2.24) is 10.3 Å². The molecule has 0 spiro atoms. The number of pyridine rings is 1. The minimum atomic E-state index is -0.00523. The van der Waals surface area contributed by atoms with Crippen molar-refractivity contribution in [3.05, 3.63) is 23.4 Å². The van der Waals surface area contributed by atoms with E-state index in [-0.39, 0.29) is 5.91 Å². The van der Waals surface area contributed by atoms with Gasteiger partial charge in [-0.3, -0.25) is 9.78 Å². The summed E-state index contributed by atoms with van der Waals surface area (Å²) in [4.78, 5) is 15.4. The van der Waals surface area contributed by atoms with Crippen molar-refractivity contribution in [3.63, 3.8) is 0 Å². The summed E-state index contributed by atoms with van der Waals surface area (Å²) in [5, 5.41) is 2.79. The van der Waals surface area contributed by atoms with Gasteiger partial charge in [-0.1, -0.05) is 9.24 Å². The van der Waals surface area contributed by atoms with Gasteiger partial charge < -0.3 is 5.32 Å². The van der Waals surface area contributed by atoms with Crippen molar-refractivity contribution >= 4 is 20.6 Å². The van der Waals surface area contributed by atoms with Gasteiger partial charge in [-0.2, -0.15) is 0 Å². The number of rotatable bonds is 0. The average molecular weight is 180 g/mol. The maximum atomic E-state index is 11.3. The van der Waals surface area contributed by atoms with E-state index in [0.717, 1.165) is 29.5 Å². The lowest BCUT2D eigenvalue weighted by Crippen LogP contribution is -2.35. The minimum absolute atomic E-state index is 0.00523. The van der Waals surface area contributed by atoms with Gasteiger partial charge in [-0.15, -0.1) is 0 Å². The van der Waals surface area contributed by atoms with E-state index in [1.54, 1.807) is 6.20 Å². The molecule has 0 aromatic carbocycles. The van der Waals surface area contributed by atoms with Gasteiger partial charge in [0.15, 0.2) is 0 Å². The second-order valence-corrected chi connectivity index (χ2v) is 3.28. The van der Waals surface area contributed by atoms with Gasteiger partial charge in [-0.25, -0.2) is 0 Å². The summed E-state index contributed by atoms with van der Waals surface area (Å²) < 4.78 is 0. The van der Waals surface area contributed by atoms with Gasteiger partial charge in [0, 0.05) is 12.7 Å². The first-order chi connectivity index (χ1) is 5.79. The number of hydrogen-bond acceptors (Lipinski definition) is 2. The third kappa shape index (κ3) is 1.10. The van der Waals surface area contributed by atoms with Crippen LogP contribution >= 0.6 is 9.24 Å². The van der Waals surface area contributed by atoms with Gasteiger partial charge in [0.1, 0.15) is 0 Å². The Morgan fingerprint density at radius 1 is 1.58 bits per heavy atom. The van der Waals surface area contributed by atoms with Gasteiger partial charge in [0.25, 0.3) is 5.91 Å². The zero-order valence-corrected chi connectivity index (χ0v) is 7.66. The van der Waals surface area contributed by atoms with Crippen molar-refractivity contribution in [2.45, 2.75) is 6.42 Å². The molecule has 1 aromatic rings. The number of nitrogens with zero attached hydrogens (tertiary/aromatic N) is 1. The normalized spacial score (nSPS) is 15.2. The van der Waals surface area contributed by atoms with Gasteiger partial charge in [0.05, 0.1) is 11.0 Å². The SMILES string of the molecule is O=C1NCCc2ccnc(P)c21. The summed E-state index contributed by atoms with van der Waals surface area (Å²) >= 11 is 0. The number of nitrogens with one attached hydrogen (secondary N) is 1. The number of hydrogen-bond donors (Lipinski definition) is 1. The monoisotopic (exact) mass is 180 g/mol. The van der Waals surface area contributed by atoms with Crippen molar-refractivity contribution in [1.29, 1.82) is 0 Å². The number of aromatic nitrogens is 1. The van der Waals surface area contributed by atoms with E-state index >= 15 is 0 Å². The predicted octanol–water partition coefficient (Wildman–Crippen LogP) is -0.132. The Hall–Kier alpha value is -0.950. The molecule has 62 valence electrons. The van der Waals surface area contributed by atoms with E-state index in [9.17, 15) is 4.79 Å². The smallest absolute Gasteiger partial charge is 0.253 e. The van der Waals surface area contributed by atoms with E-state index in [2.05, 4.69) is 19.5 Å². The van der Waals surface area contributed by atoms with E-state index < -0.39 is 0 Å². The molecule has 0 fully saturated rings. The summed E-state index contributed by atoms with van der Waals surface area (Å²) in [7, 11) is 2.48. The molecule has 12 heavy (non-hydrogen) atoms. The third-order valence-electron chi connectivity index (χ3n) is 1.97. The van der Waals surface area contributed by atoms with Gasteiger partial charge in [-0.05, 0) is 18.1 Å². The van der Waals surface area contributed by atoms with Crippen molar-refractivity contribution in [3.8, 4) is 0 Å². The van der Waals surface area contributed by atoms with Crippen molar-refractivity contribution < 1.29 is 4.79 Å². The molecule has 0 saturated carbocycles. The molecule has 1 N–H and O–H groups in total. The molecule has 0 saturated heterocycles. The van der Waals surface area contributed by atoms with Crippen molar-refractivity contribution in [2.24, 2.45) is 0 Å². The van der Waals surface area contributed by atoms with Crippen LogP contribution in [0.3, 0.4) is 0 Å². The molecule has 0 bridgehead atoms. The Balaban J connectivity index is 2.60. The third-order valence-corrected chi connectivity index (χ3v) is 2.41. The summed E-state index contributed by atoms with van der Waals surface area (Å²) in [6, 6.07) is 1.90. The van der Waals surface area contributed by atoms with Crippen LogP contribution in [-0.2, 0) is 6.42 Å². The fourth-order valence-electron chi connectivity index (χ4n) is 1.39. The van der Waals surface area contributed by atoms with Crippen LogP contribution in [0, 0.1) is 0 Å². The van der Waals surface area contributed by atoms with Crippen LogP contribution in [0.2, 0.25) is 0 Å². The zero-order valence-electron chi connectivity index (χ0n) is 6.50. The molecule has 2 heterocycles. The molecule has 4 heteroatoms. The Kier molecular flexibility index (Phi) is 1.81. The van der Waals surface area contributed by atoms with Crippen LogP contribution in [0.4, 0.5) is 0 Å². The van der Waals surface area contributed by atoms with E-state index in [0.29, 0.717) is 0 Å². The van der Waals surface area contributed by atoms with E-state index in [1.807, 2.05) is 6.07 Å². The Morgan fingerprint density at radius 3 is 3.17 bits per heavy atom. The Labute approximate surface area is 72.8 Å². The first-order valence-electron chi connectivity index (χ1n) is 3.80. The first kappa shape index (κ1) is 7.69. The van der Waals surface area contributed by atoms with Gasteiger partial charge >= 0.3 is 0 Å². The largest absolute Gasteiger partial charge is 0.352 e. The van der Waals surface area contributed by atoms with Gasteiger partial charge in [0.2, 0.25) is 0 Å². The molecule has 2 rings (SSSR count). The van der Waals surface area contributed by atoms with Crippen LogP contribution in [-0.4, -0.2) is 17.4 Å². The number of carbonyl (C=O) groups excluding carboxylic acids is 1. The van der Waals surface area contributed by atoms with Crippen LogP contribution in [0.15, 0.2) is 12.3 Å². The lowest BCUT2D eigenvalue weighted by molar-refractivity contribution is 0.0947. The standard InChI is InChI=1S/C8H9N2OP/c11-7-6-5(1-3-9-7)2-4-10-8(6)12/h2,4H,1,3,12H2,(H,9,11). The molecule has 1 amide bonds. The maximum Gasteiger partial charge on any atom is 0.253 e. The first-order valence-corrected chi connectivity index (χ1v) is 4.38. The zero-order chi connectivity index (χ0) is 8.55. The fourth-order valence-corrected chi connectivity index (χ4v) is 1.79. The number of amides is 1. The van der Waals surface area contributed by atoms with E-state index in [4.69, 9.17) is 0 Å². The average Bonchev–Trinajstić information content (AvgIpc) is 2.04. The molecule has 1 unspecified atom stereocenters. The highest BCUT2D eigenvalue weighted by Gasteiger charge is 2.18. The minimum Gasteiger partial charge on any atom is -0.352 e.